The molecule has 1 amide bonds. The lowest BCUT2D eigenvalue weighted by molar-refractivity contribution is 0.0957. The number of amides is 1. The molecule has 3 rings (SSSR count). The molecule has 136 valence electrons. The molecule has 26 heavy (non-hydrogen) atoms. The van der Waals surface area contributed by atoms with E-state index in [2.05, 4.69) is 36.1 Å². The minimum absolute atomic E-state index is 0.0573. The standard InChI is InChI=1S/C20H24N4OS/c1-12-15-13(2)23-19(20(3,4)5)24-18(15)26-16(12)17(25)22-11-9-14-8-6-7-10-21-14/h6-8,10H,9,11H2,1-5H3,(H,22,25). The smallest absolute Gasteiger partial charge is 0.261 e. The van der Waals surface area contributed by atoms with E-state index in [9.17, 15) is 4.79 Å². The minimum atomic E-state index is -0.123. The molecular weight excluding hydrogens is 344 g/mol. The van der Waals surface area contributed by atoms with Gasteiger partial charge < -0.3 is 5.32 Å². The van der Waals surface area contributed by atoms with Crippen molar-refractivity contribution in [2.24, 2.45) is 0 Å². The van der Waals surface area contributed by atoms with Gasteiger partial charge in [-0.25, -0.2) is 9.97 Å². The van der Waals surface area contributed by atoms with E-state index in [0.717, 1.165) is 33.0 Å². The number of pyridine rings is 1. The maximum absolute atomic E-state index is 12.6. The number of nitrogens with zero attached hydrogens (tertiary/aromatic N) is 3. The highest BCUT2D eigenvalue weighted by atomic mass is 32.1. The highest BCUT2D eigenvalue weighted by molar-refractivity contribution is 7.20. The number of carbonyl (C=O) groups excluding carboxylic acids is 1. The zero-order valence-electron chi connectivity index (χ0n) is 15.9. The number of aromatic nitrogens is 3. The van der Waals surface area contributed by atoms with Crippen molar-refractivity contribution in [2.45, 2.75) is 46.5 Å². The molecule has 0 aliphatic rings. The third-order valence-corrected chi connectivity index (χ3v) is 5.43. The van der Waals surface area contributed by atoms with Crippen LogP contribution in [0.3, 0.4) is 0 Å². The summed E-state index contributed by atoms with van der Waals surface area (Å²) in [4.78, 5) is 27.9. The van der Waals surface area contributed by atoms with Gasteiger partial charge in [0.2, 0.25) is 0 Å². The van der Waals surface area contributed by atoms with Crippen LogP contribution >= 0.6 is 11.3 Å². The molecule has 0 radical (unpaired) electrons. The van der Waals surface area contributed by atoms with Gasteiger partial charge in [0.25, 0.3) is 5.91 Å². The van der Waals surface area contributed by atoms with Crippen LogP contribution in [-0.2, 0) is 11.8 Å². The Morgan fingerprint density at radius 3 is 2.62 bits per heavy atom. The van der Waals surface area contributed by atoms with Gasteiger partial charge >= 0.3 is 0 Å². The molecule has 3 aromatic heterocycles. The molecule has 0 atom stereocenters. The highest BCUT2D eigenvalue weighted by Crippen LogP contribution is 2.33. The van der Waals surface area contributed by atoms with E-state index in [0.29, 0.717) is 17.8 Å². The van der Waals surface area contributed by atoms with Gasteiger partial charge in [-0.2, -0.15) is 0 Å². The molecule has 1 N–H and O–H groups in total. The number of fused-ring (bicyclic) bond motifs is 1. The highest BCUT2D eigenvalue weighted by Gasteiger charge is 2.23. The third-order valence-electron chi connectivity index (χ3n) is 4.24. The van der Waals surface area contributed by atoms with Crippen molar-refractivity contribution in [3.63, 3.8) is 0 Å². The molecule has 0 bridgehead atoms. The fourth-order valence-corrected chi connectivity index (χ4v) is 3.97. The first-order chi connectivity index (χ1) is 12.3. The minimum Gasteiger partial charge on any atom is -0.351 e. The Balaban J connectivity index is 1.82. The lowest BCUT2D eigenvalue weighted by atomic mass is 9.95. The van der Waals surface area contributed by atoms with E-state index in [4.69, 9.17) is 4.98 Å². The van der Waals surface area contributed by atoms with Gasteiger partial charge in [-0.05, 0) is 31.5 Å². The zero-order chi connectivity index (χ0) is 18.9. The van der Waals surface area contributed by atoms with Crippen molar-refractivity contribution in [2.75, 3.05) is 6.54 Å². The van der Waals surface area contributed by atoms with Gasteiger partial charge in [0.15, 0.2) is 0 Å². The van der Waals surface area contributed by atoms with Crippen LogP contribution in [0.1, 0.15) is 53.2 Å². The van der Waals surface area contributed by atoms with E-state index in [1.165, 1.54) is 11.3 Å². The predicted octanol–water partition coefficient (Wildman–Crippen LogP) is 3.97. The molecule has 3 heterocycles. The van der Waals surface area contributed by atoms with Crippen LogP contribution in [-0.4, -0.2) is 27.4 Å². The topological polar surface area (TPSA) is 67.8 Å². The van der Waals surface area contributed by atoms with Crippen molar-refractivity contribution in [3.8, 4) is 0 Å². The maximum Gasteiger partial charge on any atom is 0.261 e. The SMILES string of the molecule is Cc1nc(C(C)(C)C)nc2sc(C(=O)NCCc3ccccn3)c(C)c12. The average molecular weight is 369 g/mol. The molecule has 0 aromatic carbocycles. The molecule has 0 saturated heterocycles. The summed E-state index contributed by atoms with van der Waals surface area (Å²) in [6.07, 6.45) is 2.48. The largest absolute Gasteiger partial charge is 0.351 e. The normalized spacial score (nSPS) is 11.7. The molecule has 0 aliphatic carbocycles. The Labute approximate surface area is 157 Å². The Morgan fingerprint density at radius 1 is 1.19 bits per heavy atom. The number of hydrogen-bond donors (Lipinski definition) is 1. The van der Waals surface area contributed by atoms with Gasteiger partial charge in [0.1, 0.15) is 10.7 Å². The van der Waals surface area contributed by atoms with Gasteiger partial charge in [-0.3, -0.25) is 9.78 Å². The summed E-state index contributed by atoms with van der Waals surface area (Å²) in [7, 11) is 0. The summed E-state index contributed by atoms with van der Waals surface area (Å²) in [6.45, 7) is 10.8. The second-order valence-corrected chi connectivity index (χ2v) is 8.45. The molecule has 0 aliphatic heterocycles. The molecular formula is C20H24N4OS. The maximum atomic E-state index is 12.6. The summed E-state index contributed by atoms with van der Waals surface area (Å²) in [5.74, 6) is 0.754. The van der Waals surface area contributed by atoms with E-state index < -0.39 is 0 Å². The first-order valence-electron chi connectivity index (χ1n) is 8.73. The molecule has 5 nitrogen and oxygen atoms in total. The quantitative estimate of drug-likeness (QED) is 0.756. The number of hydrogen-bond acceptors (Lipinski definition) is 5. The van der Waals surface area contributed by atoms with E-state index >= 15 is 0 Å². The summed E-state index contributed by atoms with van der Waals surface area (Å²) in [5, 5.41) is 3.99. The van der Waals surface area contributed by atoms with Crippen LogP contribution in [0.4, 0.5) is 0 Å². The Hall–Kier alpha value is -2.34. The lowest BCUT2D eigenvalue weighted by Crippen LogP contribution is -2.25. The Kier molecular flexibility index (Phi) is 5.05. The van der Waals surface area contributed by atoms with Crippen molar-refractivity contribution in [3.05, 3.63) is 52.0 Å². The fraction of sp³-hybridized carbons (Fsp3) is 0.400. The number of nitrogens with one attached hydrogen (secondary N) is 1. The number of rotatable bonds is 4. The van der Waals surface area contributed by atoms with Crippen molar-refractivity contribution < 1.29 is 4.79 Å². The van der Waals surface area contributed by atoms with Gasteiger partial charge in [-0.15, -0.1) is 11.3 Å². The van der Waals surface area contributed by atoms with Crippen LogP contribution in [0.15, 0.2) is 24.4 Å². The summed E-state index contributed by atoms with van der Waals surface area (Å²) in [6, 6.07) is 5.80. The Morgan fingerprint density at radius 2 is 1.96 bits per heavy atom. The first kappa shape index (κ1) is 18.5. The summed E-state index contributed by atoms with van der Waals surface area (Å²) in [5.41, 5.74) is 2.74. The predicted molar refractivity (Wildman–Crippen MR) is 106 cm³/mol. The fourth-order valence-electron chi connectivity index (χ4n) is 2.82. The first-order valence-corrected chi connectivity index (χ1v) is 9.55. The second-order valence-electron chi connectivity index (χ2n) is 7.45. The number of thiophene rings is 1. The molecule has 0 saturated carbocycles. The summed E-state index contributed by atoms with van der Waals surface area (Å²) < 4.78 is 0. The van der Waals surface area contributed by atoms with Gasteiger partial charge in [-0.1, -0.05) is 26.8 Å². The van der Waals surface area contributed by atoms with Crippen molar-refractivity contribution in [1.29, 1.82) is 0 Å². The summed E-state index contributed by atoms with van der Waals surface area (Å²) >= 11 is 1.44. The number of aryl methyl sites for hydroxylation is 2. The van der Waals surface area contributed by atoms with Crippen LogP contribution in [0.25, 0.3) is 10.2 Å². The van der Waals surface area contributed by atoms with Gasteiger partial charge in [0.05, 0.1) is 10.6 Å². The molecule has 0 spiro atoms. The van der Waals surface area contributed by atoms with Crippen molar-refractivity contribution in [1.82, 2.24) is 20.3 Å². The van der Waals surface area contributed by atoms with E-state index in [1.54, 1.807) is 6.20 Å². The van der Waals surface area contributed by atoms with E-state index in [1.807, 2.05) is 32.0 Å². The van der Waals surface area contributed by atoms with Crippen LogP contribution in [0.5, 0.6) is 0 Å². The second kappa shape index (κ2) is 7.11. The third kappa shape index (κ3) is 3.75. The molecule has 0 unspecified atom stereocenters. The lowest BCUT2D eigenvalue weighted by Gasteiger charge is -2.16. The molecule has 0 fully saturated rings. The van der Waals surface area contributed by atoms with Crippen LogP contribution in [0, 0.1) is 13.8 Å². The molecule has 6 heteroatoms. The Bertz CT molecular complexity index is 942. The monoisotopic (exact) mass is 368 g/mol. The molecule has 3 aromatic rings. The van der Waals surface area contributed by atoms with Gasteiger partial charge in [0, 0.05) is 35.7 Å². The van der Waals surface area contributed by atoms with Crippen LogP contribution < -0.4 is 5.32 Å². The van der Waals surface area contributed by atoms with Crippen LogP contribution in [0.2, 0.25) is 0 Å². The van der Waals surface area contributed by atoms with E-state index in [-0.39, 0.29) is 11.3 Å². The van der Waals surface area contributed by atoms with Crippen molar-refractivity contribution >= 4 is 27.5 Å². The zero-order valence-corrected chi connectivity index (χ0v) is 16.7. The average Bonchev–Trinajstić information content (AvgIpc) is 2.92. The number of carbonyl (C=O) groups is 1.